The Morgan fingerprint density at radius 3 is 2.50 bits per heavy atom. The van der Waals surface area contributed by atoms with Gasteiger partial charge in [-0.3, -0.25) is 0 Å². The van der Waals surface area contributed by atoms with Crippen LogP contribution in [0.25, 0.3) is 0 Å². The highest BCUT2D eigenvalue weighted by Gasteiger charge is 2.16. The van der Waals surface area contributed by atoms with E-state index in [9.17, 15) is 0 Å². The Morgan fingerprint density at radius 1 is 1.38 bits per heavy atom. The van der Waals surface area contributed by atoms with Crippen LogP contribution in [0.2, 0.25) is 0 Å². The van der Waals surface area contributed by atoms with Crippen LogP contribution in [-0.4, -0.2) is 16.6 Å². The van der Waals surface area contributed by atoms with Crippen molar-refractivity contribution in [3.63, 3.8) is 0 Å². The maximum absolute atomic E-state index is 9.00. The molecule has 2 heteroatoms. The second-order valence-corrected chi connectivity index (χ2v) is 3.03. The molecule has 1 aliphatic carbocycles. The zero-order valence-corrected chi connectivity index (χ0v) is 5.56. The Labute approximate surface area is 54.7 Å². The van der Waals surface area contributed by atoms with Gasteiger partial charge >= 0.3 is 0 Å². The molecule has 0 heterocycles. The third-order valence-electron chi connectivity index (χ3n) is 1.58. The summed E-state index contributed by atoms with van der Waals surface area (Å²) in [5, 5.41) is 9.23. The quantitative estimate of drug-likeness (QED) is 0.499. The molecule has 1 N–H and O–H groups in total. The highest BCUT2D eigenvalue weighted by Crippen LogP contribution is 2.22. The lowest BCUT2D eigenvalue weighted by Gasteiger charge is -2.20. The fraction of sp³-hybridized carbons (Fsp3) is 1.00. The maximum Gasteiger partial charge on any atom is 0.0554 e. The van der Waals surface area contributed by atoms with Crippen molar-refractivity contribution in [1.82, 2.24) is 0 Å². The van der Waals surface area contributed by atoms with Crippen molar-refractivity contribution >= 4 is 11.6 Å². The van der Waals surface area contributed by atoms with Gasteiger partial charge in [-0.1, -0.05) is 0 Å². The molecule has 1 fully saturated rings. The van der Waals surface area contributed by atoms with Gasteiger partial charge in [0, 0.05) is 5.38 Å². The molecule has 8 heavy (non-hydrogen) atoms. The van der Waals surface area contributed by atoms with Crippen LogP contribution in [0.1, 0.15) is 25.7 Å². The summed E-state index contributed by atoms with van der Waals surface area (Å²) in [7, 11) is 0. The highest BCUT2D eigenvalue weighted by atomic mass is 35.5. The monoisotopic (exact) mass is 134 g/mol. The lowest BCUT2D eigenvalue weighted by molar-refractivity contribution is 0.132. The predicted molar refractivity (Wildman–Crippen MR) is 34.1 cm³/mol. The third kappa shape index (κ3) is 1.64. The van der Waals surface area contributed by atoms with E-state index in [0.717, 1.165) is 25.7 Å². The Kier molecular flexibility index (Phi) is 2.15. The van der Waals surface area contributed by atoms with Crippen LogP contribution in [0.15, 0.2) is 0 Å². The van der Waals surface area contributed by atoms with E-state index in [1.165, 1.54) is 0 Å². The molecule has 0 aromatic heterocycles. The number of hydrogen-bond acceptors (Lipinski definition) is 1. The number of alkyl halides is 1. The zero-order chi connectivity index (χ0) is 5.98. The van der Waals surface area contributed by atoms with E-state index in [0.29, 0.717) is 0 Å². The molecule has 0 saturated heterocycles. The average molecular weight is 135 g/mol. The molecule has 0 spiro atoms. The van der Waals surface area contributed by atoms with E-state index in [2.05, 4.69) is 0 Å². The molecule has 2 unspecified atom stereocenters. The summed E-state index contributed by atoms with van der Waals surface area (Å²) in [6.07, 6.45) is 3.80. The Hall–Kier alpha value is 0.250. The summed E-state index contributed by atoms with van der Waals surface area (Å²) in [5.74, 6) is 0. The van der Waals surface area contributed by atoms with E-state index in [1.807, 2.05) is 0 Å². The number of halogens is 1. The molecule has 48 valence electrons. The van der Waals surface area contributed by atoms with Gasteiger partial charge in [0.15, 0.2) is 0 Å². The molecule has 0 aliphatic heterocycles. The molecule has 0 amide bonds. The fourth-order valence-electron chi connectivity index (χ4n) is 1.11. The van der Waals surface area contributed by atoms with Gasteiger partial charge in [-0.05, 0) is 25.7 Å². The molecular weight excluding hydrogens is 124 g/mol. The first kappa shape index (κ1) is 6.37. The zero-order valence-electron chi connectivity index (χ0n) is 4.81. The van der Waals surface area contributed by atoms with E-state index in [1.54, 1.807) is 0 Å². The second kappa shape index (κ2) is 2.70. The third-order valence-corrected chi connectivity index (χ3v) is 1.98. The van der Waals surface area contributed by atoms with Gasteiger partial charge in [0.1, 0.15) is 0 Å². The van der Waals surface area contributed by atoms with Crippen molar-refractivity contribution in [2.45, 2.75) is 37.2 Å². The Bertz CT molecular complexity index is 66.9. The molecule has 0 aromatic rings. The summed E-state index contributed by atoms with van der Waals surface area (Å²) in [4.78, 5) is 0. The van der Waals surface area contributed by atoms with Crippen LogP contribution in [-0.2, 0) is 0 Å². The number of aliphatic hydroxyl groups is 1. The van der Waals surface area contributed by atoms with Gasteiger partial charge in [0.05, 0.1) is 6.10 Å². The maximum atomic E-state index is 9.00. The van der Waals surface area contributed by atoms with E-state index in [-0.39, 0.29) is 11.5 Å². The molecule has 1 aliphatic rings. The van der Waals surface area contributed by atoms with Gasteiger partial charge < -0.3 is 5.11 Å². The Morgan fingerprint density at radius 2 is 2.12 bits per heavy atom. The molecule has 1 saturated carbocycles. The first-order chi connectivity index (χ1) is 3.79. The van der Waals surface area contributed by atoms with Crippen LogP contribution in [0.5, 0.6) is 0 Å². The first-order valence-corrected chi connectivity index (χ1v) is 3.55. The van der Waals surface area contributed by atoms with Gasteiger partial charge in [0.2, 0.25) is 0 Å². The van der Waals surface area contributed by atoms with Crippen molar-refractivity contribution < 1.29 is 5.11 Å². The van der Waals surface area contributed by atoms with Crippen molar-refractivity contribution in [2.75, 3.05) is 0 Å². The average Bonchev–Trinajstić information content (AvgIpc) is 1.64. The largest absolute Gasteiger partial charge is 0.393 e. The molecular formula is C6H11ClO. The molecule has 0 aromatic carbocycles. The van der Waals surface area contributed by atoms with Crippen LogP contribution in [0, 0.1) is 0 Å². The first-order valence-electron chi connectivity index (χ1n) is 3.11. The second-order valence-electron chi connectivity index (χ2n) is 2.42. The fourth-order valence-corrected chi connectivity index (χ4v) is 1.47. The minimum atomic E-state index is -0.119. The predicted octanol–water partition coefficient (Wildman–Crippen LogP) is 1.53. The van der Waals surface area contributed by atoms with E-state index in [4.69, 9.17) is 16.7 Å². The minimum absolute atomic E-state index is 0.119. The van der Waals surface area contributed by atoms with E-state index >= 15 is 0 Å². The van der Waals surface area contributed by atoms with Crippen molar-refractivity contribution in [1.29, 1.82) is 0 Å². The Balaban J connectivity index is 2.23. The summed E-state index contributed by atoms with van der Waals surface area (Å²) in [5.41, 5.74) is 0. The lowest BCUT2D eigenvalue weighted by Crippen LogP contribution is -2.19. The summed E-state index contributed by atoms with van der Waals surface area (Å²) in [6.45, 7) is 0. The van der Waals surface area contributed by atoms with Gasteiger partial charge in [0.25, 0.3) is 0 Å². The smallest absolute Gasteiger partial charge is 0.0554 e. The van der Waals surface area contributed by atoms with Crippen molar-refractivity contribution in [3.05, 3.63) is 0 Å². The van der Waals surface area contributed by atoms with E-state index < -0.39 is 0 Å². The lowest BCUT2D eigenvalue weighted by atomic mass is 9.98. The van der Waals surface area contributed by atoms with Gasteiger partial charge in [-0.15, -0.1) is 11.6 Å². The molecule has 2 atom stereocenters. The highest BCUT2D eigenvalue weighted by molar-refractivity contribution is 6.20. The SMILES string of the molecule is OC1CCCC(Cl)C1. The molecule has 0 bridgehead atoms. The minimum Gasteiger partial charge on any atom is -0.393 e. The van der Waals surface area contributed by atoms with Crippen LogP contribution in [0.3, 0.4) is 0 Å². The number of rotatable bonds is 0. The number of aliphatic hydroxyl groups excluding tert-OH is 1. The summed E-state index contributed by atoms with van der Waals surface area (Å²) < 4.78 is 0. The van der Waals surface area contributed by atoms with Crippen molar-refractivity contribution in [3.8, 4) is 0 Å². The van der Waals surface area contributed by atoms with Crippen LogP contribution in [0.4, 0.5) is 0 Å². The normalized spacial score (nSPS) is 39.8. The molecule has 1 rings (SSSR count). The van der Waals surface area contributed by atoms with Gasteiger partial charge in [-0.2, -0.15) is 0 Å². The van der Waals surface area contributed by atoms with Crippen LogP contribution >= 0.6 is 11.6 Å². The standard InChI is InChI=1S/C6H11ClO/c7-5-2-1-3-6(8)4-5/h5-6,8H,1-4H2. The van der Waals surface area contributed by atoms with Gasteiger partial charge in [-0.25, -0.2) is 0 Å². The molecule has 1 nitrogen and oxygen atoms in total. The topological polar surface area (TPSA) is 20.2 Å². The summed E-state index contributed by atoms with van der Waals surface area (Å²) >= 11 is 5.75. The van der Waals surface area contributed by atoms with Crippen LogP contribution < -0.4 is 0 Å². The number of hydrogen-bond donors (Lipinski definition) is 1. The summed E-state index contributed by atoms with van der Waals surface area (Å²) in [6, 6.07) is 0. The van der Waals surface area contributed by atoms with Crippen molar-refractivity contribution in [2.24, 2.45) is 0 Å². The molecule has 0 radical (unpaired) electrons.